The zero-order chi connectivity index (χ0) is 35.1. The second kappa shape index (κ2) is 14.1. The summed E-state index contributed by atoms with van der Waals surface area (Å²) in [7, 11) is -9.30. The number of aryl methyl sites for hydroxylation is 1. The Bertz CT molecular complexity index is 2150. The lowest BCUT2D eigenvalue weighted by molar-refractivity contribution is -0.677. The van der Waals surface area contributed by atoms with E-state index in [-0.39, 0.29) is 43.6 Å². The maximum Gasteiger partial charge on any atom is 0.383 e. The minimum atomic E-state index is -4.83. The number of amides is 1. The van der Waals surface area contributed by atoms with Crippen LogP contribution in [0.3, 0.4) is 0 Å². The van der Waals surface area contributed by atoms with Gasteiger partial charge in [-0.1, -0.05) is 12.5 Å². The molecule has 5 heterocycles. The lowest BCUT2D eigenvalue weighted by atomic mass is 10.0. The van der Waals surface area contributed by atoms with Crippen LogP contribution >= 0.6 is 23.1 Å². The standard InChI is InChI=1S/C34H37N3O9S4/c38-34(35-13-2-1-3-17-47-18-5-14-35)25-9-11-29-27(22-25)37(16-12-33(37)50(42,43)44)32(46-29)23-31-36(15-6-20-49(39,40)41)26-21-24(8-10-28(26)45-31)30-7-4-19-48-30/h4,7-11,19,21-23,33H,1-3,5-6,12-18,20H2. The summed E-state index contributed by atoms with van der Waals surface area (Å²) in [4.78, 5) is 16.7. The van der Waals surface area contributed by atoms with Gasteiger partial charge in [0.05, 0.1) is 23.1 Å². The Balaban J connectivity index is 1.30. The molecule has 2 saturated heterocycles. The average Bonchev–Trinajstić information content (AvgIpc) is 3.78. The minimum Gasteiger partial charge on any atom is -0.748 e. The maximum absolute atomic E-state index is 13.9. The highest BCUT2D eigenvalue weighted by Gasteiger charge is 2.61. The lowest BCUT2D eigenvalue weighted by Crippen LogP contribution is -2.67. The summed E-state index contributed by atoms with van der Waals surface area (Å²) in [6.45, 7) is 1.59. The summed E-state index contributed by atoms with van der Waals surface area (Å²) in [5, 5.41) is 0.569. The number of carbonyl (C=O) groups is 1. The number of rotatable bonds is 8. The highest BCUT2D eigenvalue weighted by Crippen LogP contribution is 2.53. The predicted octanol–water partition coefficient (Wildman–Crippen LogP) is 5.11. The van der Waals surface area contributed by atoms with Crippen LogP contribution in [-0.2, 0) is 26.8 Å². The summed E-state index contributed by atoms with van der Waals surface area (Å²) in [5.41, 5.74) is 2.83. The van der Waals surface area contributed by atoms with Crippen LogP contribution in [0.2, 0.25) is 0 Å². The monoisotopic (exact) mass is 759 g/mol. The number of ether oxygens (including phenoxy) is 1. The van der Waals surface area contributed by atoms with Crippen molar-refractivity contribution in [3.8, 4) is 16.2 Å². The number of fused-ring (bicyclic) bond motifs is 3. The van der Waals surface area contributed by atoms with Crippen molar-refractivity contribution in [2.45, 2.75) is 50.4 Å². The van der Waals surface area contributed by atoms with Crippen molar-refractivity contribution >= 4 is 72.1 Å². The number of quaternary nitrogens is 1. The Hall–Kier alpha value is -3.25. The van der Waals surface area contributed by atoms with E-state index in [9.17, 15) is 30.7 Å². The first kappa shape index (κ1) is 35.2. The van der Waals surface area contributed by atoms with E-state index in [2.05, 4.69) is 0 Å². The first-order chi connectivity index (χ1) is 23.9. The zero-order valence-corrected chi connectivity index (χ0v) is 30.5. The molecule has 50 heavy (non-hydrogen) atoms. The second-order valence-corrected chi connectivity index (χ2v) is 18.0. The Morgan fingerprint density at radius 2 is 1.84 bits per heavy atom. The molecule has 2 fully saturated rings. The molecule has 16 heteroatoms. The Morgan fingerprint density at radius 3 is 2.58 bits per heavy atom. The van der Waals surface area contributed by atoms with Crippen LogP contribution in [0.15, 0.2) is 64.2 Å². The quantitative estimate of drug-likeness (QED) is 0.134. The van der Waals surface area contributed by atoms with Crippen molar-refractivity contribution in [2.24, 2.45) is 0 Å². The van der Waals surface area contributed by atoms with Gasteiger partial charge in [-0.25, -0.2) is 21.3 Å². The number of hydrogen-bond acceptors (Lipinski definition) is 11. The second-order valence-electron chi connectivity index (χ2n) is 12.8. The number of hydrogen-bond donors (Lipinski definition) is 0. The van der Waals surface area contributed by atoms with Crippen molar-refractivity contribution in [2.75, 3.05) is 36.9 Å². The fourth-order valence-corrected chi connectivity index (χ4v) is 10.4. The smallest absolute Gasteiger partial charge is 0.383 e. The highest BCUT2D eigenvalue weighted by atomic mass is 32.2. The molecule has 2 atom stereocenters. The van der Waals surface area contributed by atoms with Gasteiger partial charge in [0.15, 0.2) is 39.5 Å². The maximum atomic E-state index is 13.9. The molecule has 12 nitrogen and oxygen atoms in total. The van der Waals surface area contributed by atoms with Gasteiger partial charge in [-0.15, -0.1) is 11.3 Å². The largest absolute Gasteiger partial charge is 0.748 e. The molecule has 3 aliphatic rings. The van der Waals surface area contributed by atoms with E-state index < -0.39 is 35.8 Å². The SMILES string of the molecule is O=C(c1ccc2c(c1)[N+]1(CCC1S(=O)(=O)[O-])C(=Cc1oc3ccc(-c4cccs4)cc3[n+]1CCCS(=O)(=O)[O-])O2)N1CCCCCSCCC1. The molecule has 2 unspecified atom stereocenters. The molecule has 1 spiro atoms. The van der Waals surface area contributed by atoms with Gasteiger partial charge >= 0.3 is 11.8 Å². The molecular formula is C34H37N3O9S4. The van der Waals surface area contributed by atoms with Crippen molar-refractivity contribution in [3.05, 3.63) is 71.2 Å². The van der Waals surface area contributed by atoms with Crippen LogP contribution in [0.25, 0.3) is 27.6 Å². The van der Waals surface area contributed by atoms with Gasteiger partial charge in [-0.2, -0.15) is 16.3 Å². The van der Waals surface area contributed by atoms with Crippen LogP contribution in [0.5, 0.6) is 5.75 Å². The third kappa shape index (κ3) is 6.98. The molecule has 0 N–H and O–H groups in total. The summed E-state index contributed by atoms with van der Waals surface area (Å²) in [6, 6.07) is 14.5. The van der Waals surface area contributed by atoms with E-state index >= 15 is 0 Å². The van der Waals surface area contributed by atoms with E-state index in [0.717, 1.165) is 47.6 Å². The van der Waals surface area contributed by atoms with Gasteiger partial charge in [0.25, 0.3) is 11.4 Å². The molecule has 2 aromatic heterocycles. The fraction of sp³-hybridized carbons (Fsp3) is 0.412. The molecule has 0 radical (unpaired) electrons. The number of thiophene rings is 1. The first-order valence-corrected chi connectivity index (χ1v) is 21.7. The molecule has 0 saturated carbocycles. The number of thioether (sulfide) groups is 1. The summed E-state index contributed by atoms with van der Waals surface area (Å²) >= 11 is 3.46. The third-order valence-corrected chi connectivity index (χ3v) is 13.7. The fourth-order valence-electron chi connectivity index (χ4n) is 7.07. The molecule has 266 valence electrons. The van der Waals surface area contributed by atoms with Gasteiger partial charge in [0.1, 0.15) is 0 Å². The number of carbonyl (C=O) groups excluding carboxylic acids is 1. The van der Waals surface area contributed by atoms with Gasteiger partial charge in [-0.05, 0) is 72.0 Å². The summed E-state index contributed by atoms with van der Waals surface area (Å²) in [5.74, 6) is 2.06. The first-order valence-electron chi connectivity index (χ1n) is 16.6. The molecular weight excluding hydrogens is 723 g/mol. The number of nitrogens with zero attached hydrogens (tertiary/aromatic N) is 3. The number of benzene rings is 2. The van der Waals surface area contributed by atoms with E-state index in [1.165, 1.54) is 6.08 Å². The molecule has 4 aromatic rings. The molecule has 0 bridgehead atoms. The Morgan fingerprint density at radius 1 is 1.02 bits per heavy atom. The highest BCUT2D eigenvalue weighted by molar-refractivity contribution is 7.99. The molecule has 2 aromatic carbocycles. The van der Waals surface area contributed by atoms with Crippen LogP contribution < -0.4 is 13.8 Å². The normalized spacial score (nSPS) is 22.4. The zero-order valence-electron chi connectivity index (χ0n) is 27.2. The van der Waals surface area contributed by atoms with Gasteiger partial charge in [0, 0.05) is 47.8 Å². The van der Waals surface area contributed by atoms with E-state index in [1.54, 1.807) is 40.2 Å². The van der Waals surface area contributed by atoms with Crippen LogP contribution in [0.4, 0.5) is 5.69 Å². The number of aromatic nitrogens is 1. The molecule has 7 rings (SSSR count). The summed E-state index contributed by atoms with van der Waals surface area (Å²) in [6.07, 6.45) is 5.57. The van der Waals surface area contributed by atoms with Crippen molar-refractivity contribution in [3.63, 3.8) is 0 Å². The van der Waals surface area contributed by atoms with Crippen LogP contribution in [0, 0.1) is 0 Å². The van der Waals surface area contributed by atoms with E-state index in [0.29, 0.717) is 41.2 Å². The predicted molar refractivity (Wildman–Crippen MR) is 190 cm³/mol. The topological polar surface area (TPSA) is 161 Å². The van der Waals surface area contributed by atoms with Gasteiger partial charge in [-0.3, -0.25) is 4.79 Å². The molecule has 3 aliphatic heterocycles. The average molecular weight is 760 g/mol. The van der Waals surface area contributed by atoms with Gasteiger partial charge in [0.2, 0.25) is 5.58 Å². The van der Waals surface area contributed by atoms with Gasteiger partial charge < -0.3 is 23.2 Å². The van der Waals surface area contributed by atoms with Crippen molar-refractivity contribution in [1.29, 1.82) is 0 Å². The van der Waals surface area contributed by atoms with E-state index in [4.69, 9.17) is 9.15 Å². The van der Waals surface area contributed by atoms with Crippen LogP contribution in [0.1, 0.15) is 54.8 Å². The lowest BCUT2D eigenvalue weighted by Gasteiger charge is -2.47. The summed E-state index contributed by atoms with van der Waals surface area (Å²) < 4.78 is 86.5. The van der Waals surface area contributed by atoms with E-state index in [1.807, 2.05) is 46.3 Å². The third-order valence-electron chi connectivity index (χ3n) is 9.58. The van der Waals surface area contributed by atoms with Crippen molar-refractivity contribution < 1.29 is 44.5 Å². The minimum absolute atomic E-state index is 0.00381. The molecule has 1 amide bonds. The Labute approximate surface area is 299 Å². The van der Waals surface area contributed by atoms with Crippen molar-refractivity contribution in [1.82, 2.24) is 9.38 Å². The number of oxazole rings is 1. The Kier molecular flexibility index (Phi) is 9.88. The molecule has 0 aliphatic carbocycles. The van der Waals surface area contributed by atoms with Crippen LogP contribution in [-0.4, -0.2) is 79.0 Å².